The number of halogens is 2. The van der Waals surface area contributed by atoms with E-state index in [0.717, 1.165) is 45.3 Å². The van der Waals surface area contributed by atoms with E-state index < -0.39 is 0 Å². The van der Waals surface area contributed by atoms with Gasteiger partial charge >= 0.3 is 0 Å². The first-order valence-electron chi connectivity index (χ1n) is 9.89. The number of aromatic nitrogens is 3. The first-order chi connectivity index (χ1) is 12.2. The summed E-state index contributed by atoms with van der Waals surface area (Å²) >= 11 is 0. The van der Waals surface area contributed by atoms with Gasteiger partial charge in [0.15, 0.2) is 5.69 Å². The van der Waals surface area contributed by atoms with Crippen molar-refractivity contribution in [1.29, 1.82) is 0 Å². The van der Waals surface area contributed by atoms with Crippen LogP contribution in [0.3, 0.4) is 0 Å². The molecule has 1 aromatic rings. The molecule has 0 spiro atoms. The van der Waals surface area contributed by atoms with E-state index in [1.165, 1.54) is 25.8 Å². The summed E-state index contributed by atoms with van der Waals surface area (Å²) in [5.41, 5.74) is 0.434. The summed E-state index contributed by atoms with van der Waals surface area (Å²) < 4.78 is 1.85. The Morgan fingerprint density at radius 1 is 1.22 bits per heavy atom. The van der Waals surface area contributed by atoms with Crippen LogP contribution in [-0.4, -0.2) is 64.6 Å². The van der Waals surface area contributed by atoms with E-state index in [2.05, 4.69) is 32.8 Å². The van der Waals surface area contributed by atoms with Gasteiger partial charge in [-0.2, -0.15) is 0 Å². The number of unbranched alkanes of at least 4 members (excludes halogenated alkanes) is 1. The molecular formula is C18H34Cl2N6O. The van der Waals surface area contributed by atoms with Crippen LogP contribution >= 0.6 is 24.8 Å². The molecule has 1 amide bonds. The third-order valence-electron chi connectivity index (χ3n) is 5.52. The number of hydrogen-bond acceptors (Lipinski definition) is 5. The highest BCUT2D eigenvalue weighted by molar-refractivity contribution is 5.91. The predicted octanol–water partition coefficient (Wildman–Crippen LogP) is 2.43. The van der Waals surface area contributed by atoms with Crippen LogP contribution in [0.4, 0.5) is 0 Å². The average molecular weight is 421 g/mol. The molecule has 1 atom stereocenters. The molecule has 2 aliphatic heterocycles. The number of carbonyl (C=O) groups is 1. The highest BCUT2D eigenvalue weighted by Gasteiger charge is 2.19. The largest absolute Gasteiger partial charge is 0.351 e. The Kier molecular flexibility index (Phi) is 11.2. The summed E-state index contributed by atoms with van der Waals surface area (Å²) in [4.78, 5) is 14.8. The van der Waals surface area contributed by atoms with Crippen LogP contribution in [0.5, 0.6) is 0 Å². The lowest BCUT2D eigenvalue weighted by molar-refractivity contribution is 0.0946. The van der Waals surface area contributed by atoms with Crippen LogP contribution in [0.25, 0.3) is 0 Å². The number of nitrogens with one attached hydrogen (secondary N) is 2. The van der Waals surface area contributed by atoms with Crippen molar-refractivity contribution < 1.29 is 4.79 Å². The normalized spacial score (nSPS) is 21.1. The van der Waals surface area contributed by atoms with Crippen LogP contribution in [0.15, 0.2) is 6.20 Å². The second-order valence-electron chi connectivity index (χ2n) is 7.41. The zero-order valence-corrected chi connectivity index (χ0v) is 17.9. The maximum atomic E-state index is 12.2. The van der Waals surface area contributed by atoms with E-state index in [4.69, 9.17) is 0 Å². The smallest absolute Gasteiger partial charge is 0.273 e. The van der Waals surface area contributed by atoms with Crippen molar-refractivity contribution >= 4 is 30.7 Å². The highest BCUT2D eigenvalue weighted by Crippen LogP contribution is 2.17. The quantitative estimate of drug-likeness (QED) is 0.662. The number of carbonyl (C=O) groups excluding carboxylic acids is 1. The van der Waals surface area contributed by atoms with Crippen molar-refractivity contribution in [2.75, 3.05) is 32.7 Å². The second-order valence-corrected chi connectivity index (χ2v) is 7.41. The zero-order valence-electron chi connectivity index (χ0n) is 16.2. The molecule has 0 aliphatic carbocycles. The van der Waals surface area contributed by atoms with Crippen LogP contribution < -0.4 is 10.6 Å². The molecule has 0 radical (unpaired) electrons. The van der Waals surface area contributed by atoms with Gasteiger partial charge in [0.05, 0.1) is 12.2 Å². The Balaban J connectivity index is 0.00000182. The van der Waals surface area contributed by atoms with Crippen molar-refractivity contribution in [2.24, 2.45) is 0 Å². The van der Waals surface area contributed by atoms with Crippen LogP contribution in [0, 0.1) is 0 Å². The van der Waals surface area contributed by atoms with Gasteiger partial charge in [0, 0.05) is 12.6 Å². The van der Waals surface area contributed by atoms with E-state index in [1.807, 2.05) is 4.68 Å². The van der Waals surface area contributed by atoms with Gasteiger partial charge in [0.2, 0.25) is 0 Å². The van der Waals surface area contributed by atoms with Crippen molar-refractivity contribution in [1.82, 2.24) is 30.5 Å². The minimum absolute atomic E-state index is 0. The Morgan fingerprint density at radius 2 is 2.00 bits per heavy atom. The lowest BCUT2D eigenvalue weighted by Gasteiger charge is -2.33. The molecule has 0 aromatic carbocycles. The number of piperidine rings is 2. The third kappa shape index (κ3) is 7.22. The van der Waals surface area contributed by atoms with Gasteiger partial charge in [0.25, 0.3) is 5.91 Å². The molecular weight excluding hydrogens is 387 g/mol. The predicted molar refractivity (Wildman–Crippen MR) is 112 cm³/mol. The Labute approximate surface area is 174 Å². The molecule has 9 heteroatoms. The summed E-state index contributed by atoms with van der Waals surface area (Å²) in [6.45, 7) is 7.41. The molecule has 27 heavy (non-hydrogen) atoms. The van der Waals surface area contributed by atoms with Gasteiger partial charge in [0.1, 0.15) is 0 Å². The number of nitrogens with zero attached hydrogens (tertiary/aromatic N) is 4. The fraction of sp³-hybridized carbons (Fsp3) is 0.833. The first kappa shape index (κ1) is 24.1. The maximum Gasteiger partial charge on any atom is 0.273 e. The minimum Gasteiger partial charge on any atom is -0.351 e. The summed E-state index contributed by atoms with van der Waals surface area (Å²) in [7, 11) is 0. The molecule has 3 heterocycles. The summed E-state index contributed by atoms with van der Waals surface area (Å²) in [6.07, 6.45) is 10.0. The van der Waals surface area contributed by atoms with E-state index >= 15 is 0 Å². The van der Waals surface area contributed by atoms with E-state index in [9.17, 15) is 4.79 Å². The van der Waals surface area contributed by atoms with Gasteiger partial charge in [-0.1, -0.05) is 11.6 Å². The van der Waals surface area contributed by atoms with Gasteiger partial charge in [-0.05, 0) is 71.6 Å². The van der Waals surface area contributed by atoms with E-state index in [0.29, 0.717) is 24.3 Å². The maximum absolute atomic E-state index is 12.2. The number of amides is 1. The molecule has 1 aromatic heterocycles. The minimum atomic E-state index is -0.105. The van der Waals surface area contributed by atoms with Crippen molar-refractivity contribution in [2.45, 2.75) is 64.0 Å². The van der Waals surface area contributed by atoms with Gasteiger partial charge < -0.3 is 15.5 Å². The summed E-state index contributed by atoms with van der Waals surface area (Å²) in [5.74, 6) is -0.105. The Bertz CT molecular complexity index is 550. The standard InChI is InChI=1S/C18H32N6O.2ClH/c1-15-6-2-4-12-23(15)13-5-3-9-20-18(25)17-14-24(22-21-17)16-7-10-19-11-8-16;;/h14-16,19H,2-13H2,1H3,(H,20,25);2*1H. The molecule has 2 saturated heterocycles. The Hall–Kier alpha value is -0.890. The first-order valence-corrected chi connectivity index (χ1v) is 9.89. The molecule has 156 valence electrons. The summed E-state index contributed by atoms with van der Waals surface area (Å²) in [6, 6.07) is 1.08. The SMILES string of the molecule is CC1CCCCN1CCCCNC(=O)c1cn(C2CCNCC2)nn1.Cl.Cl. The summed E-state index contributed by atoms with van der Waals surface area (Å²) in [5, 5.41) is 14.5. The fourth-order valence-corrected chi connectivity index (χ4v) is 3.85. The fourth-order valence-electron chi connectivity index (χ4n) is 3.85. The monoisotopic (exact) mass is 420 g/mol. The average Bonchev–Trinajstić information content (AvgIpc) is 3.14. The highest BCUT2D eigenvalue weighted by atomic mass is 35.5. The molecule has 7 nitrogen and oxygen atoms in total. The topological polar surface area (TPSA) is 75.1 Å². The van der Waals surface area contributed by atoms with Crippen LogP contribution in [0.1, 0.15) is 68.4 Å². The second kappa shape index (κ2) is 12.5. The number of hydrogen-bond donors (Lipinski definition) is 2. The zero-order chi connectivity index (χ0) is 17.5. The van der Waals surface area contributed by atoms with E-state index in [-0.39, 0.29) is 30.7 Å². The molecule has 3 rings (SSSR count). The van der Waals surface area contributed by atoms with Crippen LogP contribution in [0.2, 0.25) is 0 Å². The van der Waals surface area contributed by atoms with Gasteiger partial charge in [-0.3, -0.25) is 4.79 Å². The molecule has 0 saturated carbocycles. The lowest BCUT2D eigenvalue weighted by atomic mass is 10.0. The molecule has 2 fully saturated rings. The third-order valence-corrected chi connectivity index (χ3v) is 5.52. The molecule has 0 bridgehead atoms. The van der Waals surface area contributed by atoms with Crippen molar-refractivity contribution in [3.05, 3.63) is 11.9 Å². The number of likely N-dealkylation sites (tertiary alicyclic amines) is 1. The Morgan fingerprint density at radius 3 is 2.74 bits per heavy atom. The van der Waals surface area contributed by atoms with Crippen molar-refractivity contribution in [3.63, 3.8) is 0 Å². The van der Waals surface area contributed by atoms with Crippen molar-refractivity contribution in [3.8, 4) is 0 Å². The molecule has 2 aliphatic rings. The number of rotatable bonds is 7. The van der Waals surface area contributed by atoms with Gasteiger partial charge in [-0.25, -0.2) is 4.68 Å². The van der Waals surface area contributed by atoms with E-state index in [1.54, 1.807) is 6.20 Å². The van der Waals surface area contributed by atoms with Crippen LogP contribution in [-0.2, 0) is 0 Å². The lowest BCUT2D eigenvalue weighted by Crippen LogP contribution is -2.38. The van der Waals surface area contributed by atoms with Gasteiger partial charge in [-0.15, -0.1) is 29.9 Å². The molecule has 2 N–H and O–H groups in total. The molecule has 1 unspecified atom stereocenters.